The minimum absolute atomic E-state index is 0.0487. The molecule has 0 bridgehead atoms. The summed E-state index contributed by atoms with van der Waals surface area (Å²) in [6.07, 6.45) is 0. The third-order valence-corrected chi connectivity index (χ3v) is 3.48. The van der Waals surface area contributed by atoms with Gasteiger partial charge in [-0.05, 0) is 19.1 Å². The molecule has 1 heterocycles. The van der Waals surface area contributed by atoms with Crippen LogP contribution in [0.1, 0.15) is 31.4 Å². The van der Waals surface area contributed by atoms with E-state index >= 15 is 0 Å². The molecule has 0 fully saturated rings. The summed E-state index contributed by atoms with van der Waals surface area (Å²) in [5.74, 6) is -1.54. The number of amides is 1. The number of aromatic carboxylic acids is 1. The summed E-state index contributed by atoms with van der Waals surface area (Å²) in [6, 6.07) is 4.80. The van der Waals surface area contributed by atoms with Crippen LogP contribution in [0.2, 0.25) is 0 Å². The average Bonchev–Trinajstić information content (AvgIpc) is 2.89. The molecule has 2 aromatic rings. The van der Waals surface area contributed by atoms with Gasteiger partial charge in [0.1, 0.15) is 10.7 Å². The lowest BCUT2D eigenvalue weighted by Crippen LogP contribution is -2.15. The second-order valence-electron chi connectivity index (χ2n) is 4.14. The number of carboxylic acid groups (broad SMARTS) is 1. The van der Waals surface area contributed by atoms with Gasteiger partial charge in [-0.25, -0.2) is 9.78 Å². The van der Waals surface area contributed by atoms with Crippen LogP contribution in [0.5, 0.6) is 0 Å². The van der Waals surface area contributed by atoms with Crippen LogP contribution in [0, 0.1) is 6.92 Å². The van der Waals surface area contributed by atoms with Gasteiger partial charge in [-0.1, -0.05) is 11.6 Å². The van der Waals surface area contributed by atoms with Gasteiger partial charge in [0.25, 0.3) is 5.91 Å². The van der Waals surface area contributed by atoms with Crippen molar-refractivity contribution >= 4 is 28.9 Å². The first-order valence-electron chi connectivity index (χ1n) is 5.81. The number of aryl methyl sites for hydroxylation is 1. The van der Waals surface area contributed by atoms with Crippen LogP contribution in [0.4, 0.5) is 5.69 Å². The molecule has 0 saturated heterocycles. The van der Waals surface area contributed by atoms with E-state index in [2.05, 4.69) is 10.3 Å². The molecule has 0 spiro atoms. The highest BCUT2D eigenvalue weighted by atomic mass is 32.1. The number of hydrogen-bond donors (Lipinski definition) is 3. The molecule has 20 heavy (non-hydrogen) atoms. The number of carbonyl (C=O) groups is 2. The quantitative estimate of drug-likeness (QED) is 0.797. The lowest BCUT2D eigenvalue weighted by molar-refractivity contribution is 0.0698. The van der Waals surface area contributed by atoms with E-state index in [9.17, 15) is 9.59 Å². The number of nitrogens with one attached hydrogen (secondary N) is 1. The fraction of sp³-hybridized carbons (Fsp3) is 0.154. The molecule has 0 radical (unpaired) electrons. The van der Waals surface area contributed by atoms with Crippen LogP contribution in [-0.4, -0.2) is 22.0 Å². The summed E-state index contributed by atoms with van der Waals surface area (Å²) >= 11 is 1.29. The lowest BCUT2D eigenvalue weighted by Gasteiger charge is -2.08. The average molecular weight is 291 g/mol. The molecule has 4 N–H and O–H groups in total. The number of nitrogens with two attached hydrogens (primary N) is 1. The molecule has 0 aliphatic carbocycles. The summed E-state index contributed by atoms with van der Waals surface area (Å²) in [5.41, 5.74) is 6.76. The molecular formula is C13H13N3O3S. The van der Waals surface area contributed by atoms with Crippen LogP contribution >= 0.6 is 11.3 Å². The van der Waals surface area contributed by atoms with Crippen molar-refractivity contribution in [2.45, 2.75) is 13.5 Å². The SMILES string of the molecule is Cc1ccc(NC(=O)c2csc(CN)n2)c(C(=O)O)c1. The Morgan fingerprint density at radius 1 is 1.45 bits per heavy atom. The molecule has 1 amide bonds. The van der Waals surface area contributed by atoms with E-state index in [0.29, 0.717) is 5.01 Å². The van der Waals surface area contributed by atoms with Gasteiger partial charge < -0.3 is 16.2 Å². The summed E-state index contributed by atoms with van der Waals surface area (Å²) in [7, 11) is 0. The van der Waals surface area contributed by atoms with Gasteiger partial charge in [-0.15, -0.1) is 11.3 Å². The molecule has 2 rings (SSSR count). The van der Waals surface area contributed by atoms with E-state index in [1.54, 1.807) is 24.4 Å². The number of aromatic nitrogens is 1. The van der Waals surface area contributed by atoms with Crippen LogP contribution in [0.15, 0.2) is 23.6 Å². The standard InChI is InChI=1S/C13H13N3O3S/c1-7-2-3-9(8(4-7)13(18)19)16-12(17)10-6-20-11(5-14)15-10/h2-4,6H,5,14H2,1H3,(H,16,17)(H,18,19). The Kier molecular flexibility index (Phi) is 4.11. The van der Waals surface area contributed by atoms with E-state index < -0.39 is 11.9 Å². The van der Waals surface area contributed by atoms with E-state index in [0.717, 1.165) is 5.56 Å². The molecule has 0 atom stereocenters. The number of hydrogen-bond acceptors (Lipinski definition) is 5. The largest absolute Gasteiger partial charge is 0.478 e. The molecule has 1 aromatic heterocycles. The fourth-order valence-corrected chi connectivity index (χ4v) is 2.29. The Morgan fingerprint density at radius 2 is 2.20 bits per heavy atom. The van der Waals surface area contributed by atoms with E-state index in [4.69, 9.17) is 10.8 Å². The number of thiazole rings is 1. The van der Waals surface area contributed by atoms with E-state index in [-0.39, 0.29) is 23.5 Å². The van der Waals surface area contributed by atoms with Gasteiger partial charge in [0.2, 0.25) is 0 Å². The number of carbonyl (C=O) groups excluding carboxylic acids is 1. The van der Waals surface area contributed by atoms with Crippen LogP contribution in [-0.2, 0) is 6.54 Å². The van der Waals surface area contributed by atoms with Crippen LogP contribution in [0.25, 0.3) is 0 Å². The first kappa shape index (κ1) is 14.2. The molecule has 1 aromatic carbocycles. The predicted octanol–water partition coefficient (Wildman–Crippen LogP) is 1.86. The maximum Gasteiger partial charge on any atom is 0.337 e. The Morgan fingerprint density at radius 3 is 2.80 bits per heavy atom. The molecular weight excluding hydrogens is 278 g/mol. The fourth-order valence-electron chi connectivity index (χ4n) is 1.64. The Balaban J connectivity index is 2.25. The van der Waals surface area contributed by atoms with Crippen LogP contribution in [0.3, 0.4) is 0 Å². The molecule has 7 heteroatoms. The Bertz CT molecular complexity index is 667. The molecule has 6 nitrogen and oxygen atoms in total. The van der Waals surface area contributed by atoms with Gasteiger partial charge in [-0.2, -0.15) is 0 Å². The number of carboxylic acids is 1. The van der Waals surface area contributed by atoms with Crippen molar-refractivity contribution in [2.24, 2.45) is 5.73 Å². The van der Waals surface area contributed by atoms with Crippen molar-refractivity contribution in [1.29, 1.82) is 0 Å². The highest BCUT2D eigenvalue weighted by molar-refractivity contribution is 7.09. The minimum atomic E-state index is -1.09. The van der Waals surface area contributed by atoms with E-state index in [1.807, 2.05) is 0 Å². The number of nitrogens with zero attached hydrogens (tertiary/aromatic N) is 1. The zero-order valence-corrected chi connectivity index (χ0v) is 11.5. The maximum atomic E-state index is 12.0. The van der Waals surface area contributed by atoms with Crippen LogP contribution < -0.4 is 11.1 Å². The molecule has 0 unspecified atom stereocenters. The Labute approximate surface area is 119 Å². The zero-order chi connectivity index (χ0) is 14.7. The van der Waals surface area contributed by atoms with Crippen molar-refractivity contribution in [3.8, 4) is 0 Å². The summed E-state index contributed by atoms with van der Waals surface area (Å²) in [5, 5.41) is 13.9. The molecule has 0 aliphatic heterocycles. The van der Waals surface area contributed by atoms with E-state index in [1.165, 1.54) is 17.4 Å². The maximum absolute atomic E-state index is 12.0. The topological polar surface area (TPSA) is 105 Å². The number of rotatable bonds is 4. The Hall–Kier alpha value is -2.25. The highest BCUT2D eigenvalue weighted by Crippen LogP contribution is 2.19. The van der Waals surface area contributed by atoms with Crippen molar-refractivity contribution < 1.29 is 14.7 Å². The summed E-state index contributed by atoms with van der Waals surface area (Å²) < 4.78 is 0. The van der Waals surface area contributed by atoms with Gasteiger partial charge in [0.05, 0.1) is 11.3 Å². The van der Waals surface area contributed by atoms with Crippen molar-refractivity contribution in [3.63, 3.8) is 0 Å². The molecule has 0 saturated carbocycles. The first-order chi connectivity index (χ1) is 9.51. The van der Waals surface area contributed by atoms with Gasteiger partial charge >= 0.3 is 5.97 Å². The van der Waals surface area contributed by atoms with Gasteiger partial charge in [0.15, 0.2) is 0 Å². The van der Waals surface area contributed by atoms with Crippen molar-refractivity contribution in [2.75, 3.05) is 5.32 Å². The first-order valence-corrected chi connectivity index (χ1v) is 6.69. The van der Waals surface area contributed by atoms with Gasteiger partial charge in [0, 0.05) is 11.9 Å². The van der Waals surface area contributed by atoms with Crippen molar-refractivity contribution in [1.82, 2.24) is 4.98 Å². The predicted molar refractivity (Wildman–Crippen MR) is 76.1 cm³/mol. The molecule has 0 aliphatic rings. The highest BCUT2D eigenvalue weighted by Gasteiger charge is 2.15. The number of anilines is 1. The second-order valence-corrected chi connectivity index (χ2v) is 5.08. The van der Waals surface area contributed by atoms with Gasteiger partial charge in [-0.3, -0.25) is 4.79 Å². The smallest absolute Gasteiger partial charge is 0.337 e. The lowest BCUT2D eigenvalue weighted by atomic mass is 10.1. The summed E-state index contributed by atoms with van der Waals surface area (Å²) in [4.78, 5) is 27.2. The minimum Gasteiger partial charge on any atom is -0.478 e. The second kappa shape index (κ2) is 5.81. The molecule has 104 valence electrons. The van der Waals surface area contributed by atoms with Crippen molar-refractivity contribution in [3.05, 3.63) is 45.4 Å². The zero-order valence-electron chi connectivity index (χ0n) is 10.7. The summed E-state index contributed by atoms with van der Waals surface area (Å²) in [6.45, 7) is 2.05. The number of benzene rings is 1. The third kappa shape index (κ3) is 3.01. The monoisotopic (exact) mass is 291 g/mol. The normalized spacial score (nSPS) is 10.3. The third-order valence-electron chi connectivity index (χ3n) is 2.61.